The van der Waals surface area contributed by atoms with E-state index >= 15 is 0 Å². The molecule has 0 aliphatic heterocycles. The highest BCUT2D eigenvalue weighted by Gasteiger charge is 2.36. The molecule has 0 unspecified atom stereocenters. The summed E-state index contributed by atoms with van der Waals surface area (Å²) in [5, 5.41) is 6.46. The van der Waals surface area contributed by atoms with Gasteiger partial charge >= 0.3 is 6.03 Å². The summed E-state index contributed by atoms with van der Waals surface area (Å²) < 4.78 is 0. The summed E-state index contributed by atoms with van der Waals surface area (Å²) in [5.74, 6) is 0.703. The number of para-hydroxylation sites is 1. The predicted octanol–water partition coefficient (Wildman–Crippen LogP) is 7.41. The highest BCUT2D eigenvalue weighted by atomic mass is 16.2. The van der Waals surface area contributed by atoms with Crippen LogP contribution in [0.2, 0.25) is 0 Å². The quantitative estimate of drug-likeness (QED) is 0.418. The average Bonchev–Trinajstić information content (AvgIpc) is 3.29. The van der Waals surface area contributed by atoms with Crippen molar-refractivity contribution in [1.82, 2.24) is 5.32 Å². The summed E-state index contributed by atoms with van der Waals surface area (Å²) in [5.41, 5.74) is 6.01. The van der Waals surface area contributed by atoms with Crippen LogP contribution in [0.4, 0.5) is 16.2 Å². The maximum atomic E-state index is 13.1. The van der Waals surface area contributed by atoms with Gasteiger partial charge in [-0.05, 0) is 67.3 Å². The molecule has 180 valence electrons. The minimum Gasteiger partial charge on any atom is -0.372 e. The number of carbonyl (C=O) groups is 1. The maximum Gasteiger partial charge on any atom is 0.319 e. The van der Waals surface area contributed by atoms with Gasteiger partial charge in [-0.3, -0.25) is 0 Å². The maximum absolute atomic E-state index is 13.1. The molecule has 0 saturated heterocycles. The second-order valence-corrected chi connectivity index (χ2v) is 10.1. The van der Waals surface area contributed by atoms with Crippen molar-refractivity contribution in [2.45, 2.75) is 84.5 Å². The van der Waals surface area contributed by atoms with E-state index in [1.165, 1.54) is 35.2 Å². The number of amides is 2. The van der Waals surface area contributed by atoms with Gasteiger partial charge in [0.25, 0.3) is 0 Å². The summed E-state index contributed by atoms with van der Waals surface area (Å²) in [6.07, 6.45) is 4.68. The lowest BCUT2D eigenvalue weighted by Crippen LogP contribution is -2.41. The molecular formula is C29H43N3O. The van der Waals surface area contributed by atoms with Crippen molar-refractivity contribution in [2.24, 2.45) is 0 Å². The van der Waals surface area contributed by atoms with E-state index in [1.807, 2.05) is 0 Å². The fourth-order valence-electron chi connectivity index (χ4n) is 5.34. The number of nitrogens with one attached hydrogen (secondary N) is 2. The molecule has 0 bridgehead atoms. The molecule has 0 aromatic heterocycles. The van der Waals surface area contributed by atoms with Crippen LogP contribution in [-0.4, -0.2) is 25.7 Å². The van der Waals surface area contributed by atoms with Crippen LogP contribution >= 0.6 is 0 Å². The summed E-state index contributed by atoms with van der Waals surface area (Å²) in [4.78, 5) is 15.5. The lowest BCUT2D eigenvalue weighted by molar-refractivity contribution is 0.248. The van der Waals surface area contributed by atoms with E-state index in [2.05, 4.69) is 99.5 Å². The van der Waals surface area contributed by atoms with Gasteiger partial charge in [-0.25, -0.2) is 4.79 Å². The fraction of sp³-hybridized carbons (Fsp3) is 0.552. The molecule has 2 aromatic rings. The number of hydrogen-bond donors (Lipinski definition) is 2. The van der Waals surface area contributed by atoms with Crippen molar-refractivity contribution in [1.29, 1.82) is 0 Å². The number of benzene rings is 2. The zero-order valence-corrected chi connectivity index (χ0v) is 21.5. The molecule has 1 saturated carbocycles. The summed E-state index contributed by atoms with van der Waals surface area (Å²) in [6, 6.07) is 15.3. The normalized spacial score (nSPS) is 15.2. The van der Waals surface area contributed by atoms with Crippen LogP contribution in [0.3, 0.4) is 0 Å². The Morgan fingerprint density at radius 1 is 0.909 bits per heavy atom. The van der Waals surface area contributed by atoms with Crippen molar-refractivity contribution in [3.05, 3.63) is 59.2 Å². The Hall–Kier alpha value is -2.49. The van der Waals surface area contributed by atoms with Gasteiger partial charge in [0.2, 0.25) is 0 Å². The molecule has 1 aliphatic carbocycles. The van der Waals surface area contributed by atoms with Crippen molar-refractivity contribution in [3.63, 3.8) is 0 Å². The molecule has 0 radical (unpaired) electrons. The first kappa shape index (κ1) is 25.1. The van der Waals surface area contributed by atoms with E-state index in [0.29, 0.717) is 18.4 Å². The van der Waals surface area contributed by atoms with Gasteiger partial charge in [0.05, 0.1) is 0 Å². The third-order valence-electron chi connectivity index (χ3n) is 7.37. The molecule has 1 aliphatic rings. The van der Waals surface area contributed by atoms with Crippen molar-refractivity contribution < 1.29 is 4.79 Å². The second kappa shape index (κ2) is 11.1. The first-order valence-electron chi connectivity index (χ1n) is 12.8. The van der Waals surface area contributed by atoms with Crippen LogP contribution in [-0.2, 0) is 5.41 Å². The number of carbonyl (C=O) groups excluding carboxylic acids is 1. The molecule has 4 nitrogen and oxygen atoms in total. The van der Waals surface area contributed by atoms with Crippen LogP contribution in [0.15, 0.2) is 42.5 Å². The van der Waals surface area contributed by atoms with Crippen LogP contribution in [0.5, 0.6) is 0 Å². The van der Waals surface area contributed by atoms with Crippen molar-refractivity contribution in [3.8, 4) is 0 Å². The van der Waals surface area contributed by atoms with Gasteiger partial charge in [-0.15, -0.1) is 0 Å². The largest absolute Gasteiger partial charge is 0.372 e. The van der Waals surface area contributed by atoms with Crippen LogP contribution in [0, 0.1) is 0 Å². The monoisotopic (exact) mass is 449 g/mol. The molecule has 2 aromatic carbocycles. The fourth-order valence-corrected chi connectivity index (χ4v) is 5.34. The number of anilines is 2. The Morgan fingerprint density at radius 3 is 1.94 bits per heavy atom. The lowest BCUT2D eigenvalue weighted by Gasteiger charge is -2.31. The Kier molecular flexibility index (Phi) is 8.45. The van der Waals surface area contributed by atoms with E-state index in [-0.39, 0.29) is 11.4 Å². The molecule has 0 atom stereocenters. The Balaban J connectivity index is 1.76. The SMILES string of the molecule is CCN(CC)c1ccc(C2(CNC(=O)Nc3c(C(C)C)cccc3C(C)C)CCCC2)cc1. The van der Waals surface area contributed by atoms with Crippen LogP contribution in [0.25, 0.3) is 0 Å². The molecule has 2 amide bonds. The average molecular weight is 450 g/mol. The zero-order valence-electron chi connectivity index (χ0n) is 21.5. The smallest absolute Gasteiger partial charge is 0.319 e. The summed E-state index contributed by atoms with van der Waals surface area (Å²) >= 11 is 0. The minimum atomic E-state index is -0.101. The van der Waals surface area contributed by atoms with Gasteiger partial charge in [-0.2, -0.15) is 0 Å². The number of hydrogen-bond acceptors (Lipinski definition) is 2. The van der Waals surface area contributed by atoms with Gasteiger partial charge < -0.3 is 15.5 Å². The first-order valence-corrected chi connectivity index (χ1v) is 12.8. The van der Waals surface area contributed by atoms with Crippen LogP contribution < -0.4 is 15.5 Å². The van der Waals surface area contributed by atoms with Crippen LogP contribution in [0.1, 0.15) is 95.8 Å². The number of nitrogens with zero attached hydrogens (tertiary/aromatic N) is 1. The molecule has 1 fully saturated rings. The molecule has 0 heterocycles. The Morgan fingerprint density at radius 2 is 1.45 bits per heavy atom. The predicted molar refractivity (Wildman–Crippen MR) is 142 cm³/mol. The van der Waals surface area contributed by atoms with Gasteiger partial charge in [-0.1, -0.05) is 70.9 Å². The molecule has 4 heteroatoms. The van der Waals surface area contributed by atoms with Gasteiger partial charge in [0.1, 0.15) is 0 Å². The first-order chi connectivity index (χ1) is 15.8. The third-order valence-corrected chi connectivity index (χ3v) is 7.37. The highest BCUT2D eigenvalue weighted by molar-refractivity contribution is 5.91. The standard InChI is InChI=1S/C29H43N3O/c1-7-32(8-2)24-16-14-23(15-17-24)29(18-9-10-19-29)20-30-28(33)31-27-25(21(3)4)12-11-13-26(27)22(5)6/h11-17,21-22H,7-10,18-20H2,1-6H3,(H2,30,31,33). The number of urea groups is 1. The highest BCUT2D eigenvalue weighted by Crippen LogP contribution is 2.41. The molecule has 33 heavy (non-hydrogen) atoms. The summed E-state index contributed by atoms with van der Waals surface area (Å²) in [6.45, 7) is 15.8. The number of rotatable bonds is 9. The molecule has 3 rings (SSSR count). The van der Waals surface area contributed by atoms with E-state index in [4.69, 9.17) is 0 Å². The zero-order chi connectivity index (χ0) is 24.0. The van der Waals surface area contributed by atoms with Gasteiger partial charge in [0, 0.05) is 36.4 Å². The van der Waals surface area contributed by atoms with Gasteiger partial charge in [0.15, 0.2) is 0 Å². The Bertz CT molecular complexity index is 881. The van der Waals surface area contributed by atoms with E-state index < -0.39 is 0 Å². The van der Waals surface area contributed by atoms with E-state index in [1.54, 1.807) is 0 Å². The minimum absolute atomic E-state index is 0.0254. The summed E-state index contributed by atoms with van der Waals surface area (Å²) in [7, 11) is 0. The van der Waals surface area contributed by atoms with E-state index in [0.717, 1.165) is 31.6 Å². The topological polar surface area (TPSA) is 44.4 Å². The lowest BCUT2D eigenvalue weighted by atomic mass is 9.78. The second-order valence-electron chi connectivity index (χ2n) is 10.1. The molecule has 2 N–H and O–H groups in total. The van der Waals surface area contributed by atoms with Crippen molar-refractivity contribution in [2.75, 3.05) is 29.9 Å². The Labute approximate surface area is 201 Å². The molecular weight excluding hydrogens is 406 g/mol. The van der Waals surface area contributed by atoms with E-state index in [9.17, 15) is 4.79 Å². The molecule has 0 spiro atoms. The van der Waals surface area contributed by atoms with Crippen molar-refractivity contribution >= 4 is 17.4 Å². The third kappa shape index (κ3) is 5.72.